The topological polar surface area (TPSA) is 119 Å². The molecule has 2 heterocycles. The van der Waals surface area contributed by atoms with Gasteiger partial charge >= 0.3 is 11.9 Å². The number of aliphatic hydroxyl groups is 1. The van der Waals surface area contributed by atoms with E-state index in [1.807, 2.05) is 12.1 Å². The lowest BCUT2D eigenvalue weighted by molar-refractivity contribution is -0.152. The molecule has 0 fully saturated rings. The number of hydrogen-bond acceptors (Lipinski definition) is 5. The maximum Gasteiger partial charge on any atom is 0.333 e. The van der Waals surface area contributed by atoms with Crippen molar-refractivity contribution in [3.63, 3.8) is 0 Å². The molecule has 0 bridgehead atoms. The molecule has 0 saturated heterocycles. The minimum absolute atomic E-state index is 0.580. The number of hydrogen-bond donors (Lipinski definition) is 5. The van der Waals surface area contributed by atoms with Gasteiger partial charge < -0.3 is 26.0 Å². The van der Waals surface area contributed by atoms with E-state index in [-0.39, 0.29) is 0 Å². The summed E-state index contributed by atoms with van der Waals surface area (Å²) in [6.45, 7) is 8.78. The molecular weight excluding hydrogens is 491 g/mol. The van der Waals surface area contributed by atoms with Crippen molar-refractivity contribution in [2.24, 2.45) is 0 Å². The molecule has 0 unspecified atom stereocenters. The fraction of sp³-hybridized carbons (Fsp3) is 0.462. The van der Waals surface area contributed by atoms with Gasteiger partial charge in [0.1, 0.15) is 0 Å². The van der Waals surface area contributed by atoms with Crippen molar-refractivity contribution in [1.82, 2.24) is 10.6 Å². The van der Waals surface area contributed by atoms with Gasteiger partial charge in [0.15, 0.2) is 6.10 Å². The van der Waals surface area contributed by atoms with Crippen LogP contribution in [0.15, 0.2) is 36.4 Å². The minimum atomic E-state index is -1.79. The second kappa shape index (κ2) is 14.4. The average Bonchev–Trinajstić information content (AvgIpc) is 3.10. The number of carbonyl (C=O) groups is 2. The Bertz CT molecular complexity index is 938. The Labute approximate surface area is 216 Å². The third-order valence-corrected chi connectivity index (χ3v) is 6.44. The van der Waals surface area contributed by atoms with Crippen LogP contribution in [-0.2, 0) is 22.4 Å². The van der Waals surface area contributed by atoms with Crippen LogP contribution in [0, 0.1) is 0 Å². The van der Waals surface area contributed by atoms with Gasteiger partial charge in [0.25, 0.3) is 0 Å². The molecule has 0 amide bonds. The Hall–Kier alpha value is -2.16. The van der Waals surface area contributed by atoms with E-state index < -0.39 is 24.5 Å². The second-order valence-corrected chi connectivity index (χ2v) is 9.72. The van der Waals surface area contributed by atoms with Crippen molar-refractivity contribution in [3.8, 4) is 0 Å². The summed E-state index contributed by atoms with van der Waals surface area (Å²) in [5, 5.41) is 32.7. The van der Waals surface area contributed by atoms with Crippen molar-refractivity contribution < 1.29 is 24.9 Å². The first-order valence-electron chi connectivity index (χ1n) is 11.7. The van der Waals surface area contributed by atoms with Crippen LogP contribution >= 0.6 is 23.2 Å². The van der Waals surface area contributed by atoms with Crippen molar-refractivity contribution in [3.05, 3.63) is 68.7 Å². The monoisotopic (exact) mass is 524 g/mol. The van der Waals surface area contributed by atoms with E-state index >= 15 is 0 Å². The molecule has 9 heteroatoms. The summed E-state index contributed by atoms with van der Waals surface area (Å²) in [4.78, 5) is 19.4. The summed E-state index contributed by atoms with van der Waals surface area (Å²) in [6, 6.07) is 12.5. The predicted molar refractivity (Wildman–Crippen MR) is 139 cm³/mol. The quantitative estimate of drug-likeness (QED) is 0.410. The lowest BCUT2D eigenvalue weighted by Gasteiger charge is -2.11. The molecule has 3 atom stereocenters. The number of carboxylic acids is 2. The Balaban J connectivity index is 0.000000190. The van der Waals surface area contributed by atoms with E-state index in [0.717, 1.165) is 49.1 Å². The van der Waals surface area contributed by atoms with Gasteiger partial charge in [-0.25, -0.2) is 4.79 Å². The Morgan fingerprint density at radius 2 is 1.31 bits per heavy atom. The minimum Gasteiger partial charge on any atom is -0.481 e. The zero-order valence-electron chi connectivity index (χ0n) is 20.1. The number of halogens is 2. The molecular formula is C26H34Cl2N2O5. The highest BCUT2D eigenvalue weighted by Gasteiger charge is 2.16. The number of fused-ring (bicyclic) bond motifs is 2. The number of rotatable bonds is 3. The highest BCUT2D eigenvalue weighted by molar-refractivity contribution is 6.31. The van der Waals surface area contributed by atoms with Gasteiger partial charge in [-0.05, 0) is 84.3 Å². The normalized spacial score (nSPS) is 19.7. The zero-order chi connectivity index (χ0) is 26.0. The molecule has 4 rings (SSSR count). The van der Waals surface area contributed by atoms with Crippen LogP contribution < -0.4 is 10.6 Å². The van der Waals surface area contributed by atoms with E-state index in [2.05, 4.69) is 48.7 Å². The number of carboxylic acid groups (broad SMARTS) is 2. The Morgan fingerprint density at radius 3 is 1.66 bits per heavy atom. The van der Waals surface area contributed by atoms with Gasteiger partial charge in [-0.15, -0.1) is 0 Å². The van der Waals surface area contributed by atoms with E-state index in [9.17, 15) is 9.59 Å². The summed E-state index contributed by atoms with van der Waals surface area (Å²) < 4.78 is 0. The largest absolute Gasteiger partial charge is 0.481 e. The van der Waals surface area contributed by atoms with Crippen LogP contribution in [0.1, 0.15) is 54.4 Å². The first-order chi connectivity index (χ1) is 16.6. The fourth-order valence-corrected chi connectivity index (χ4v) is 4.42. The van der Waals surface area contributed by atoms with Crippen molar-refractivity contribution >= 4 is 35.1 Å². The molecule has 5 N–H and O–H groups in total. The van der Waals surface area contributed by atoms with Gasteiger partial charge in [-0.1, -0.05) is 49.2 Å². The van der Waals surface area contributed by atoms with Gasteiger partial charge in [0.05, 0.1) is 6.42 Å². The standard InChI is InChI=1S/2C11H14ClN.C4H6O5/c2*1-8-7-13-5-4-9-2-3-10(12)6-11(8)9;5-2(4(8)9)1-3(6)7/h2*2-3,6,8,13H,4-5,7H2,1H3;2,5H,1H2,(H,6,7)(H,8,9)/t2*8-;2-/m000/s1. The second-order valence-electron chi connectivity index (χ2n) is 8.85. The zero-order valence-corrected chi connectivity index (χ0v) is 21.6. The van der Waals surface area contributed by atoms with Crippen LogP contribution in [0.3, 0.4) is 0 Å². The summed E-state index contributed by atoms with van der Waals surface area (Å²) >= 11 is 11.9. The van der Waals surface area contributed by atoms with E-state index in [1.54, 1.807) is 0 Å². The summed E-state index contributed by atoms with van der Waals surface area (Å²) in [5.41, 5.74) is 5.72. The SMILES string of the molecule is C[C@H]1CNCCc2ccc(Cl)cc21.C[C@H]1CNCCc2ccc(Cl)cc21.O=C(O)C[C@H](O)C(=O)O. The van der Waals surface area contributed by atoms with E-state index in [4.69, 9.17) is 38.5 Å². The Kier molecular flexibility index (Phi) is 12.0. The molecule has 0 saturated carbocycles. The highest BCUT2D eigenvalue weighted by Crippen LogP contribution is 2.26. The van der Waals surface area contributed by atoms with Gasteiger partial charge in [0, 0.05) is 23.1 Å². The van der Waals surface area contributed by atoms with Crippen LogP contribution in [-0.4, -0.2) is 59.5 Å². The average molecular weight is 525 g/mol. The third-order valence-electron chi connectivity index (χ3n) is 5.97. The van der Waals surface area contributed by atoms with Crippen LogP contribution in [0.25, 0.3) is 0 Å². The predicted octanol–water partition coefficient (Wildman–Crippen LogP) is 4.09. The molecule has 0 radical (unpaired) electrons. The van der Waals surface area contributed by atoms with Crippen molar-refractivity contribution in [2.45, 2.75) is 51.0 Å². The molecule has 2 aromatic carbocycles. The molecule has 192 valence electrons. The maximum absolute atomic E-state index is 9.72. The molecule has 0 aromatic heterocycles. The maximum atomic E-state index is 9.72. The smallest absolute Gasteiger partial charge is 0.333 e. The number of aliphatic hydroxyl groups excluding tert-OH is 1. The Morgan fingerprint density at radius 1 is 0.886 bits per heavy atom. The molecule has 35 heavy (non-hydrogen) atoms. The lowest BCUT2D eigenvalue weighted by Crippen LogP contribution is -2.22. The molecule has 0 aliphatic carbocycles. The molecule has 2 aliphatic rings. The summed E-state index contributed by atoms with van der Waals surface area (Å²) in [7, 11) is 0. The fourth-order valence-electron chi connectivity index (χ4n) is 4.06. The molecule has 0 spiro atoms. The first-order valence-corrected chi connectivity index (χ1v) is 12.4. The van der Waals surface area contributed by atoms with Crippen LogP contribution in [0.5, 0.6) is 0 Å². The molecule has 2 aliphatic heterocycles. The summed E-state index contributed by atoms with van der Waals surface area (Å²) in [5.74, 6) is -1.69. The third kappa shape index (κ3) is 9.78. The lowest BCUT2D eigenvalue weighted by atomic mass is 9.96. The van der Waals surface area contributed by atoms with Gasteiger partial charge in [-0.3, -0.25) is 4.79 Å². The van der Waals surface area contributed by atoms with Crippen LogP contribution in [0.4, 0.5) is 0 Å². The van der Waals surface area contributed by atoms with Crippen molar-refractivity contribution in [1.29, 1.82) is 0 Å². The van der Waals surface area contributed by atoms with Crippen LogP contribution in [0.2, 0.25) is 10.0 Å². The molecule has 2 aromatic rings. The van der Waals surface area contributed by atoms with Crippen molar-refractivity contribution in [2.75, 3.05) is 26.2 Å². The van der Waals surface area contributed by atoms with Gasteiger partial charge in [-0.2, -0.15) is 0 Å². The number of benzene rings is 2. The van der Waals surface area contributed by atoms with E-state index in [0.29, 0.717) is 11.8 Å². The number of aliphatic carboxylic acids is 2. The van der Waals surface area contributed by atoms with Gasteiger partial charge in [0.2, 0.25) is 0 Å². The van der Waals surface area contributed by atoms with E-state index in [1.165, 1.54) is 22.3 Å². The molecule has 7 nitrogen and oxygen atoms in total. The summed E-state index contributed by atoms with van der Waals surface area (Å²) in [6.07, 6.45) is -0.300. The highest BCUT2D eigenvalue weighted by atomic mass is 35.5. The first kappa shape index (κ1) is 29.1. The number of nitrogens with one attached hydrogen (secondary N) is 2.